The van der Waals surface area contributed by atoms with Gasteiger partial charge in [-0.1, -0.05) is 34.1 Å². The Hall–Kier alpha value is -1.67. The lowest BCUT2D eigenvalue weighted by molar-refractivity contribution is 0.166. The fraction of sp³-hybridized carbons (Fsp3) is 0.375. The van der Waals surface area contributed by atoms with E-state index in [0.717, 1.165) is 33.8 Å². The Morgan fingerprint density at radius 3 is 2.27 bits per heavy atom. The van der Waals surface area contributed by atoms with Crippen molar-refractivity contribution in [2.75, 3.05) is 0 Å². The van der Waals surface area contributed by atoms with E-state index >= 15 is 0 Å². The van der Waals surface area contributed by atoms with Gasteiger partial charge in [-0.25, -0.2) is 0 Å². The molecule has 2 atom stereocenters. The number of rotatable bonds is 1. The molecule has 0 aliphatic heterocycles. The summed E-state index contributed by atoms with van der Waals surface area (Å²) < 4.78 is 1.11. The minimum Gasteiger partial charge on any atom is -0.256 e. The van der Waals surface area contributed by atoms with Gasteiger partial charge >= 0.3 is 0 Å². The van der Waals surface area contributed by atoms with Gasteiger partial charge in [0.2, 0.25) is 0 Å². The monoisotopic (exact) mass is 403 g/mol. The molecule has 130 valence electrons. The molecule has 2 aromatic carbocycles. The number of hydrogen-bond donors (Lipinski definition) is 0. The van der Waals surface area contributed by atoms with Crippen LogP contribution in [0.4, 0.5) is 0 Å². The smallest absolute Gasteiger partial charge is 0.0780 e. The molecule has 1 nitrogen and oxygen atoms in total. The summed E-state index contributed by atoms with van der Waals surface area (Å²) in [6.07, 6.45) is 9.15. The van der Waals surface area contributed by atoms with E-state index in [0.29, 0.717) is 0 Å². The lowest BCUT2D eigenvalue weighted by atomic mass is 9.67. The van der Waals surface area contributed by atoms with Gasteiger partial charge in [0.05, 0.1) is 5.69 Å². The van der Waals surface area contributed by atoms with Crippen molar-refractivity contribution in [2.24, 2.45) is 11.8 Å². The zero-order chi connectivity index (χ0) is 17.3. The molecule has 2 fully saturated rings. The average molecular weight is 404 g/mol. The van der Waals surface area contributed by atoms with Crippen LogP contribution in [0.3, 0.4) is 0 Å². The maximum atomic E-state index is 4.78. The second-order valence-electron chi connectivity index (χ2n) is 8.68. The van der Waals surface area contributed by atoms with E-state index in [4.69, 9.17) is 4.98 Å². The van der Waals surface area contributed by atoms with Crippen LogP contribution >= 0.6 is 15.9 Å². The van der Waals surface area contributed by atoms with Crippen LogP contribution in [0, 0.1) is 11.8 Å². The van der Waals surface area contributed by atoms with Gasteiger partial charge in [-0.15, -0.1) is 0 Å². The standard InChI is InChI=1S/C24H22BrN/c25-20-3-1-2-17(11-20)24-23-13-22-19-9-14-6-15(10-19)8-18(7-14)21(22)12-16(23)4-5-26-24/h1-5,11-15,18-19H,6-10H2. The Labute approximate surface area is 163 Å². The Morgan fingerprint density at radius 1 is 0.808 bits per heavy atom. The molecule has 4 aliphatic rings. The highest BCUT2D eigenvalue weighted by Crippen LogP contribution is 2.56. The van der Waals surface area contributed by atoms with Crippen molar-refractivity contribution < 1.29 is 0 Å². The van der Waals surface area contributed by atoms with Gasteiger partial charge in [-0.3, -0.25) is 4.98 Å². The second-order valence-corrected chi connectivity index (χ2v) is 9.59. The van der Waals surface area contributed by atoms with Crippen molar-refractivity contribution >= 4 is 26.7 Å². The second kappa shape index (κ2) is 5.66. The largest absolute Gasteiger partial charge is 0.256 e. The topological polar surface area (TPSA) is 12.9 Å². The van der Waals surface area contributed by atoms with Gasteiger partial charge in [0.15, 0.2) is 0 Å². The summed E-state index contributed by atoms with van der Waals surface area (Å²) in [5.74, 6) is 3.51. The van der Waals surface area contributed by atoms with Gasteiger partial charge in [0.25, 0.3) is 0 Å². The van der Waals surface area contributed by atoms with Crippen molar-refractivity contribution in [1.29, 1.82) is 0 Å². The number of fused-ring (bicyclic) bond motifs is 1. The molecule has 0 saturated heterocycles. The van der Waals surface area contributed by atoms with E-state index < -0.39 is 0 Å². The first kappa shape index (κ1) is 15.4. The Bertz CT molecular complexity index is 1010. The van der Waals surface area contributed by atoms with Gasteiger partial charge in [-0.05, 0) is 96.6 Å². The van der Waals surface area contributed by atoms with Gasteiger partial charge < -0.3 is 0 Å². The molecule has 2 heteroatoms. The first-order chi connectivity index (χ1) is 12.7. The molecule has 2 unspecified atom stereocenters. The molecule has 7 rings (SSSR count). The summed E-state index contributed by atoms with van der Waals surface area (Å²) in [6, 6.07) is 15.8. The quantitative estimate of drug-likeness (QED) is 0.423. The lowest BCUT2D eigenvalue weighted by Crippen LogP contribution is -2.25. The molecule has 26 heavy (non-hydrogen) atoms. The number of nitrogens with zero attached hydrogens (tertiary/aromatic N) is 1. The molecule has 2 saturated carbocycles. The summed E-state index contributed by atoms with van der Waals surface area (Å²) >= 11 is 3.61. The predicted molar refractivity (Wildman–Crippen MR) is 110 cm³/mol. The summed E-state index contributed by atoms with van der Waals surface area (Å²) in [4.78, 5) is 4.78. The SMILES string of the molecule is Brc1cccc(-c2nccc3cc4c(cc23)C2CC3CC(CC4C3)C2)c1. The summed E-state index contributed by atoms with van der Waals surface area (Å²) in [7, 11) is 0. The molecule has 1 aromatic heterocycles. The first-order valence-corrected chi connectivity index (χ1v) is 10.7. The fourth-order valence-corrected chi connectivity index (χ4v) is 6.59. The van der Waals surface area contributed by atoms with Crippen molar-refractivity contribution in [2.45, 2.75) is 43.9 Å². The zero-order valence-electron chi connectivity index (χ0n) is 14.8. The molecule has 0 N–H and O–H groups in total. The predicted octanol–water partition coefficient (Wildman–Crippen LogP) is 7.06. The molecule has 0 amide bonds. The number of halogens is 1. The molecule has 0 spiro atoms. The molecular weight excluding hydrogens is 382 g/mol. The third-order valence-corrected chi connectivity index (χ3v) is 7.58. The Kier molecular flexibility index (Phi) is 3.35. The van der Waals surface area contributed by atoms with Crippen LogP contribution in [0.25, 0.3) is 22.0 Å². The summed E-state index contributed by atoms with van der Waals surface area (Å²) in [5.41, 5.74) is 5.63. The highest BCUT2D eigenvalue weighted by molar-refractivity contribution is 9.10. The van der Waals surface area contributed by atoms with E-state index in [1.807, 2.05) is 6.20 Å². The van der Waals surface area contributed by atoms with E-state index in [2.05, 4.69) is 58.4 Å². The minimum atomic E-state index is 0.779. The zero-order valence-corrected chi connectivity index (χ0v) is 16.4. The molecular formula is C24H22BrN. The summed E-state index contributed by atoms with van der Waals surface area (Å²) in [6.45, 7) is 0. The number of aromatic nitrogens is 1. The Morgan fingerprint density at radius 2 is 1.54 bits per heavy atom. The Balaban J connectivity index is 1.59. The van der Waals surface area contributed by atoms with Crippen molar-refractivity contribution in [3.05, 3.63) is 64.3 Å². The van der Waals surface area contributed by atoms with Crippen LogP contribution in [0.2, 0.25) is 0 Å². The average Bonchev–Trinajstić information content (AvgIpc) is 2.81. The van der Waals surface area contributed by atoms with Crippen molar-refractivity contribution in [1.82, 2.24) is 4.98 Å². The highest BCUT2D eigenvalue weighted by atomic mass is 79.9. The van der Waals surface area contributed by atoms with Gasteiger partial charge in [0, 0.05) is 21.6 Å². The normalized spacial score (nSPS) is 29.0. The third kappa shape index (κ3) is 2.31. The van der Waals surface area contributed by atoms with Crippen LogP contribution in [0.15, 0.2) is 53.1 Å². The van der Waals surface area contributed by atoms with E-state index in [9.17, 15) is 0 Å². The first-order valence-electron chi connectivity index (χ1n) is 9.93. The van der Waals surface area contributed by atoms with Crippen LogP contribution in [-0.4, -0.2) is 4.98 Å². The van der Waals surface area contributed by atoms with Crippen LogP contribution in [-0.2, 0) is 0 Å². The van der Waals surface area contributed by atoms with Crippen LogP contribution in [0.1, 0.15) is 55.1 Å². The molecule has 4 aliphatic carbocycles. The van der Waals surface area contributed by atoms with E-state index in [1.165, 1.54) is 48.4 Å². The third-order valence-electron chi connectivity index (χ3n) is 7.08. The molecule has 0 radical (unpaired) electrons. The van der Waals surface area contributed by atoms with Crippen LogP contribution in [0.5, 0.6) is 0 Å². The maximum absolute atomic E-state index is 4.78. The van der Waals surface area contributed by atoms with E-state index in [1.54, 1.807) is 11.1 Å². The maximum Gasteiger partial charge on any atom is 0.0780 e. The van der Waals surface area contributed by atoms with Gasteiger partial charge in [0.1, 0.15) is 0 Å². The molecule has 4 bridgehead atoms. The molecule has 1 heterocycles. The highest BCUT2D eigenvalue weighted by Gasteiger charge is 2.42. The number of hydrogen-bond acceptors (Lipinski definition) is 1. The minimum absolute atomic E-state index is 0.779. The number of pyridine rings is 1. The van der Waals surface area contributed by atoms with Crippen LogP contribution < -0.4 is 0 Å². The van der Waals surface area contributed by atoms with E-state index in [-0.39, 0.29) is 0 Å². The summed E-state index contributed by atoms with van der Waals surface area (Å²) in [5, 5.41) is 2.68. The van der Waals surface area contributed by atoms with Crippen molar-refractivity contribution in [3.63, 3.8) is 0 Å². The lowest BCUT2D eigenvalue weighted by Gasteiger charge is -2.38. The van der Waals surface area contributed by atoms with Gasteiger partial charge in [-0.2, -0.15) is 0 Å². The fourth-order valence-electron chi connectivity index (χ4n) is 6.19. The van der Waals surface area contributed by atoms with Crippen molar-refractivity contribution in [3.8, 4) is 11.3 Å². The molecule has 3 aromatic rings. The number of benzene rings is 2.